The summed E-state index contributed by atoms with van der Waals surface area (Å²) in [6.07, 6.45) is 4.28. The van der Waals surface area contributed by atoms with Gasteiger partial charge >= 0.3 is 5.97 Å². The summed E-state index contributed by atoms with van der Waals surface area (Å²) in [6, 6.07) is 11.4. The molecule has 1 aliphatic carbocycles. The molecule has 6 nitrogen and oxygen atoms in total. The fourth-order valence-electron chi connectivity index (χ4n) is 4.06. The summed E-state index contributed by atoms with van der Waals surface area (Å²) >= 11 is 6.73. The van der Waals surface area contributed by atoms with Crippen molar-refractivity contribution < 1.29 is 23.8 Å². The molecule has 4 rings (SSSR count). The first-order valence-electron chi connectivity index (χ1n) is 10.7. The number of hydrogen-bond donors (Lipinski definition) is 1. The number of aliphatic carboxylic acids is 1. The summed E-state index contributed by atoms with van der Waals surface area (Å²) in [4.78, 5) is 26.4. The second-order valence-corrected chi connectivity index (χ2v) is 9.96. The van der Waals surface area contributed by atoms with E-state index in [4.69, 9.17) is 21.4 Å². The number of carbonyl (C=O) groups excluding carboxylic acids is 1. The Kier molecular flexibility index (Phi) is 6.71. The third-order valence-corrected chi connectivity index (χ3v) is 6.98. The molecule has 1 aromatic heterocycles. The molecule has 2 fully saturated rings. The standard InChI is InChI=1S/C24H25NO5S2/c1-14(2)29-18-9-5-15(6-10-18)20-12-11-19(30-20)13-21-22(26)25(24(31)32-21)17-7-3-16(4-8-17)23(27)28/h5-6,9-14,16-17H,3-4,7-8H2,1-2H3,(H,27,28). The highest BCUT2D eigenvalue weighted by Crippen LogP contribution is 2.39. The lowest BCUT2D eigenvalue weighted by atomic mass is 9.85. The molecule has 0 atom stereocenters. The Morgan fingerprint density at radius 2 is 1.88 bits per heavy atom. The minimum atomic E-state index is -0.760. The summed E-state index contributed by atoms with van der Waals surface area (Å²) in [7, 11) is 0. The lowest BCUT2D eigenvalue weighted by molar-refractivity contribution is -0.143. The van der Waals surface area contributed by atoms with E-state index in [-0.39, 0.29) is 24.0 Å². The first-order chi connectivity index (χ1) is 15.3. The van der Waals surface area contributed by atoms with Gasteiger partial charge in [0.25, 0.3) is 5.91 Å². The Bertz CT molecular complexity index is 1050. The molecule has 168 valence electrons. The van der Waals surface area contributed by atoms with Crippen LogP contribution in [0.5, 0.6) is 5.75 Å². The molecule has 0 unspecified atom stereocenters. The van der Waals surface area contributed by atoms with Crippen molar-refractivity contribution in [2.45, 2.75) is 51.7 Å². The topological polar surface area (TPSA) is 80.0 Å². The maximum Gasteiger partial charge on any atom is 0.306 e. The van der Waals surface area contributed by atoms with E-state index in [0.29, 0.717) is 46.4 Å². The van der Waals surface area contributed by atoms with Crippen LogP contribution >= 0.6 is 24.0 Å². The SMILES string of the molecule is CC(C)Oc1ccc(-c2ccc(C=C3SC(=S)N(C4CCC(C(=O)O)CC4)C3=O)o2)cc1. The fraction of sp³-hybridized carbons (Fsp3) is 0.375. The smallest absolute Gasteiger partial charge is 0.306 e. The van der Waals surface area contributed by atoms with Gasteiger partial charge in [-0.15, -0.1) is 0 Å². The number of ether oxygens (including phenoxy) is 1. The lowest BCUT2D eigenvalue weighted by Crippen LogP contribution is -2.41. The van der Waals surface area contributed by atoms with Crippen molar-refractivity contribution in [3.8, 4) is 17.1 Å². The zero-order chi connectivity index (χ0) is 22.8. The van der Waals surface area contributed by atoms with Crippen molar-refractivity contribution in [1.29, 1.82) is 0 Å². The quantitative estimate of drug-likeness (QED) is 0.435. The highest BCUT2D eigenvalue weighted by Gasteiger charge is 2.39. The van der Waals surface area contributed by atoms with Gasteiger partial charge in [0.05, 0.1) is 16.9 Å². The molecule has 0 bridgehead atoms. The van der Waals surface area contributed by atoms with Gasteiger partial charge in [-0.25, -0.2) is 0 Å². The summed E-state index contributed by atoms with van der Waals surface area (Å²) in [5.41, 5.74) is 0.920. The van der Waals surface area contributed by atoms with Gasteiger partial charge in [0.1, 0.15) is 21.6 Å². The molecule has 1 N–H and O–H groups in total. The van der Waals surface area contributed by atoms with Crippen molar-refractivity contribution in [2.75, 3.05) is 0 Å². The second kappa shape index (κ2) is 9.50. The van der Waals surface area contributed by atoms with Crippen LogP contribution in [-0.4, -0.2) is 38.3 Å². The van der Waals surface area contributed by atoms with Crippen LogP contribution in [0.2, 0.25) is 0 Å². The number of thiocarbonyl (C=S) groups is 1. The van der Waals surface area contributed by atoms with Gasteiger partial charge in [-0.3, -0.25) is 14.5 Å². The number of nitrogens with zero attached hydrogens (tertiary/aromatic N) is 1. The van der Waals surface area contributed by atoms with Gasteiger partial charge in [0, 0.05) is 17.7 Å². The molecule has 2 heterocycles. The van der Waals surface area contributed by atoms with Crippen LogP contribution in [0.3, 0.4) is 0 Å². The molecule has 1 saturated carbocycles. The molecular formula is C24H25NO5S2. The Labute approximate surface area is 196 Å². The predicted octanol–water partition coefficient (Wildman–Crippen LogP) is 5.58. The molecule has 2 aromatic rings. The second-order valence-electron chi connectivity index (χ2n) is 8.29. The molecule has 2 aliphatic rings. The average molecular weight is 472 g/mol. The first kappa shape index (κ1) is 22.6. The molecule has 1 saturated heterocycles. The van der Waals surface area contributed by atoms with Gasteiger partial charge in [-0.05, 0) is 75.9 Å². The largest absolute Gasteiger partial charge is 0.491 e. The number of furan rings is 1. The predicted molar refractivity (Wildman–Crippen MR) is 128 cm³/mol. The Morgan fingerprint density at radius 3 is 2.50 bits per heavy atom. The summed E-state index contributed by atoms with van der Waals surface area (Å²) < 4.78 is 12.1. The Hall–Kier alpha value is -2.58. The van der Waals surface area contributed by atoms with Crippen molar-refractivity contribution in [3.05, 3.63) is 47.1 Å². The van der Waals surface area contributed by atoms with E-state index in [9.17, 15) is 14.7 Å². The number of hydrogen-bond acceptors (Lipinski definition) is 6. The van der Waals surface area contributed by atoms with Crippen molar-refractivity contribution in [3.63, 3.8) is 0 Å². The average Bonchev–Trinajstić information content (AvgIpc) is 3.33. The summed E-state index contributed by atoms with van der Waals surface area (Å²) in [5.74, 6) is 0.869. The zero-order valence-electron chi connectivity index (χ0n) is 17.9. The maximum absolute atomic E-state index is 13.0. The van der Waals surface area contributed by atoms with E-state index in [0.717, 1.165) is 11.3 Å². The van der Waals surface area contributed by atoms with Crippen molar-refractivity contribution in [1.82, 2.24) is 4.90 Å². The van der Waals surface area contributed by atoms with Crippen molar-refractivity contribution in [2.24, 2.45) is 5.92 Å². The van der Waals surface area contributed by atoms with Gasteiger partial charge in [0.2, 0.25) is 0 Å². The molecule has 1 amide bonds. The number of amides is 1. The number of rotatable bonds is 6. The normalized spacial score (nSPS) is 22.7. The zero-order valence-corrected chi connectivity index (χ0v) is 19.6. The third-order valence-electron chi connectivity index (χ3n) is 5.65. The van der Waals surface area contributed by atoms with Crippen LogP contribution in [0.1, 0.15) is 45.3 Å². The van der Waals surface area contributed by atoms with Crippen LogP contribution in [0.15, 0.2) is 45.7 Å². The van der Waals surface area contributed by atoms with E-state index in [2.05, 4.69) is 0 Å². The molecule has 0 spiro atoms. The molecular weight excluding hydrogens is 446 g/mol. The Balaban J connectivity index is 1.45. The minimum absolute atomic E-state index is 0.0391. The number of thioether (sulfide) groups is 1. The van der Waals surface area contributed by atoms with Gasteiger partial charge in [0.15, 0.2) is 0 Å². The monoisotopic (exact) mass is 471 g/mol. The van der Waals surface area contributed by atoms with Gasteiger partial charge in [-0.2, -0.15) is 0 Å². The lowest BCUT2D eigenvalue weighted by Gasteiger charge is -2.32. The molecule has 0 radical (unpaired) electrons. The number of carboxylic acid groups (broad SMARTS) is 1. The van der Waals surface area contributed by atoms with E-state index in [1.165, 1.54) is 11.8 Å². The highest BCUT2D eigenvalue weighted by molar-refractivity contribution is 8.26. The van der Waals surface area contributed by atoms with E-state index in [1.54, 1.807) is 11.0 Å². The van der Waals surface area contributed by atoms with Crippen LogP contribution in [0, 0.1) is 5.92 Å². The summed E-state index contributed by atoms with van der Waals surface area (Å²) in [5, 5.41) is 9.20. The van der Waals surface area contributed by atoms with E-state index < -0.39 is 5.97 Å². The fourth-order valence-corrected chi connectivity index (χ4v) is 5.44. The van der Waals surface area contributed by atoms with Gasteiger partial charge in [-0.1, -0.05) is 24.0 Å². The number of benzene rings is 1. The summed E-state index contributed by atoms with van der Waals surface area (Å²) in [6.45, 7) is 3.97. The highest BCUT2D eigenvalue weighted by atomic mass is 32.2. The minimum Gasteiger partial charge on any atom is -0.491 e. The van der Waals surface area contributed by atoms with Crippen LogP contribution in [0.4, 0.5) is 0 Å². The maximum atomic E-state index is 13.0. The van der Waals surface area contributed by atoms with Crippen molar-refractivity contribution >= 4 is 46.3 Å². The van der Waals surface area contributed by atoms with Crippen LogP contribution < -0.4 is 4.74 Å². The number of carboxylic acids is 1. The molecule has 1 aromatic carbocycles. The van der Waals surface area contributed by atoms with Crippen LogP contribution in [-0.2, 0) is 9.59 Å². The molecule has 1 aliphatic heterocycles. The van der Waals surface area contributed by atoms with Crippen LogP contribution in [0.25, 0.3) is 17.4 Å². The molecule has 32 heavy (non-hydrogen) atoms. The van der Waals surface area contributed by atoms with Gasteiger partial charge < -0.3 is 14.3 Å². The Morgan fingerprint density at radius 1 is 1.19 bits per heavy atom. The van der Waals surface area contributed by atoms with E-state index in [1.807, 2.05) is 50.2 Å². The third kappa shape index (κ3) is 4.91. The van der Waals surface area contributed by atoms with E-state index >= 15 is 0 Å². The first-order valence-corrected chi connectivity index (χ1v) is 11.9. The number of carbonyl (C=O) groups is 2. The molecule has 8 heteroatoms.